The van der Waals surface area contributed by atoms with Crippen molar-refractivity contribution in [2.45, 2.75) is 26.7 Å². The van der Waals surface area contributed by atoms with Gasteiger partial charge in [0.15, 0.2) is 0 Å². The highest BCUT2D eigenvalue weighted by molar-refractivity contribution is 9.10. The zero-order valence-corrected chi connectivity index (χ0v) is 16.7. The van der Waals surface area contributed by atoms with E-state index in [0.29, 0.717) is 4.91 Å². The topological polar surface area (TPSA) is 66.5 Å². The molecule has 1 saturated heterocycles. The van der Waals surface area contributed by atoms with Crippen molar-refractivity contribution in [2.75, 3.05) is 13.1 Å². The van der Waals surface area contributed by atoms with Gasteiger partial charge in [-0.1, -0.05) is 48.3 Å². The first-order chi connectivity index (χ1) is 11.9. The van der Waals surface area contributed by atoms with Gasteiger partial charge < -0.3 is 5.32 Å². The van der Waals surface area contributed by atoms with E-state index in [0.717, 1.165) is 34.6 Å². The van der Waals surface area contributed by atoms with Gasteiger partial charge in [0.25, 0.3) is 11.1 Å². The fourth-order valence-corrected chi connectivity index (χ4v) is 3.75. The molecule has 1 fully saturated rings. The summed E-state index contributed by atoms with van der Waals surface area (Å²) < 4.78 is 0.907. The molecule has 1 aromatic rings. The number of nitrogens with one attached hydrogen (secondary N) is 1. The van der Waals surface area contributed by atoms with Crippen LogP contribution in [0.1, 0.15) is 32.3 Å². The van der Waals surface area contributed by atoms with Gasteiger partial charge in [0, 0.05) is 23.5 Å². The van der Waals surface area contributed by atoms with Crippen LogP contribution >= 0.6 is 27.7 Å². The molecule has 1 atom stereocenters. The van der Waals surface area contributed by atoms with Gasteiger partial charge >= 0.3 is 0 Å². The van der Waals surface area contributed by atoms with Crippen molar-refractivity contribution in [2.24, 2.45) is 5.92 Å². The number of nitrogens with zero attached hydrogens (tertiary/aromatic N) is 1. The molecule has 0 radical (unpaired) electrons. The highest BCUT2D eigenvalue weighted by atomic mass is 79.9. The Morgan fingerprint density at radius 3 is 2.84 bits per heavy atom. The molecular formula is C18H21BrN2O3S. The second kappa shape index (κ2) is 9.20. The number of hydrogen-bond acceptors (Lipinski definition) is 4. The van der Waals surface area contributed by atoms with Crippen LogP contribution in [0.3, 0.4) is 0 Å². The molecule has 2 rings (SSSR count). The van der Waals surface area contributed by atoms with Crippen LogP contribution in [0.25, 0.3) is 6.08 Å². The van der Waals surface area contributed by atoms with Gasteiger partial charge in [-0.3, -0.25) is 19.3 Å². The first-order valence-electron chi connectivity index (χ1n) is 8.21. The standard InChI is InChI=1S/C18H21BrN2O3S/c1-3-5-12(2)16(22)20-8-9-21-17(23)15(25-18(21)24)11-13-6-4-7-14(19)10-13/h4,6-7,10-12H,3,5,8-9H2,1-2H3,(H,20,22)/b15-11-. The molecule has 25 heavy (non-hydrogen) atoms. The SMILES string of the molecule is CCCC(C)C(=O)NCCN1C(=O)S/C(=C\c2cccc(Br)c2)C1=O. The third-order valence-corrected chi connectivity index (χ3v) is 5.22. The first kappa shape index (κ1) is 19.7. The number of hydrogen-bond donors (Lipinski definition) is 1. The Balaban J connectivity index is 1.94. The van der Waals surface area contributed by atoms with Crippen LogP contribution in [-0.4, -0.2) is 35.0 Å². The average Bonchev–Trinajstić information content (AvgIpc) is 2.82. The van der Waals surface area contributed by atoms with E-state index in [2.05, 4.69) is 21.2 Å². The molecule has 3 amide bonds. The summed E-state index contributed by atoms with van der Waals surface area (Å²) >= 11 is 4.31. The molecular weight excluding hydrogens is 404 g/mol. The number of amides is 3. The zero-order valence-electron chi connectivity index (χ0n) is 14.3. The van der Waals surface area contributed by atoms with E-state index in [4.69, 9.17) is 0 Å². The van der Waals surface area contributed by atoms with Crippen LogP contribution in [-0.2, 0) is 9.59 Å². The minimum absolute atomic E-state index is 0.0431. The van der Waals surface area contributed by atoms with E-state index in [-0.39, 0.29) is 36.1 Å². The van der Waals surface area contributed by atoms with Crippen molar-refractivity contribution in [3.63, 3.8) is 0 Å². The van der Waals surface area contributed by atoms with Crippen LogP contribution in [0, 0.1) is 5.92 Å². The Morgan fingerprint density at radius 1 is 1.40 bits per heavy atom. The maximum absolute atomic E-state index is 12.4. The predicted octanol–water partition coefficient (Wildman–Crippen LogP) is 4.04. The van der Waals surface area contributed by atoms with Crippen molar-refractivity contribution >= 4 is 50.8 Å². The van der Waals surface area contributed by atoms with Crippen LogP contribution in [0.2, 0.25) is 0 Å². The van der Waals surface area contributed by atoms with Gasteiger partial charge in [0.05, 0.1) is 4.91 Å². The maximum Gasteiger partial charge on any atom is 0.293 e. The maximum atomic E-state index is 12.4. The number of imide groups is 1. The Morgan fingerprint density at radius 2 is 2.16 bits per heavy atom. The number of rotatable bonds is 7. The number of thioether (sulfide) groups is 1. The summed E-state index contributed by atoms with van der Waals surface area (Å²) in [4.78, 5) is 37.9. The summed E-state index contributed by atoms with van der Waals surface area (Å²) in [5.74, 6) is -0.416. The number of benzene rings is 1. The highest BCUT2D eigenvalue weighted by Crippen LogP contribution is 2.32. The molecule has 1 unspecified atom stereocenters. The largest absolute Gasteiger partial charge is 0.354 e. The predicted molar refractivity (Wildman–Crippen MR) is 104 cm³/mol. The Hall–Kier alpha value is -1.60. The normalized spacial score (nSPS) is 17.2. The van der Waals surface area contributed by atoms with Crippen molar-refractivity contribution in [1.82, 2.24) is 10.2 Å². The molecule has 134 valence electrons. The monoisotopic (exact) mass is 424 g/mol. The quantitative estimate of drug-likeness (QED) is 0.670. The van der Waals surface area contributed by atoms with Gasteiger partial charge in [0.1, 0.15) is 0 Å². The zero-order chi connectivity index (χ0) is 18.4. The van der Waals surface area contributed by atoms with Crippen molar-refractivity contribution in [3.05, 3.63) is 39.2 Å². The number of carbonyl (C=O) groups excluding carboxylic acids is 3. The lowest BCUT2D eigenvalue weighted by Gasteiger charge is -2.15. The van der Waals surface area contributed by atoms with Crippen LogP contribution in [0.15, 0.2) is 33.6 Å². The summed E-state index contributed by atoms with van der Waals surface area (Å²) in [5, 5.41) is 2.48. The van der Waals surface area contributed by atoms with Crippen LogP contribution in [0.5, 0.6) is 0 Å². The van der Waals surface area contributed by atoms with Gasteiger partial charge in [-0.2, -0.15) is 0 Å². The van der Waals surface area contributed by atoms with E-state index >= 15 is 0 Å². The summed E-state index contributed by atoms with van der Waals surface area (Å²) in [5.41, 5.74) is 0.849. The summed E-state index contributed by atoms with van der Waals surface area (Å²) in [6.07, 6.45) is 3.47. The number of carbonyl (C=O) groups is 3. The first-order valence-corrected chi connectivity index (χ1v) is 9.82. The molecule has 0 bridgehead atoms. The molecule has 1 aromatic carbocycles. The molecule has 0 saturated carbocycles. The molecule has 1 aliphatic rings. The van der Waals surface area contributed by atoms with E-state index in [9.17, 15) is 14.4 Å². The van der Waals surface area contributed by atoms with Gasteiger partial charge in [-0.25, -0.2) is 0 Å². The van der Waals surface area contributed by atoms with Crippen LogP contribution < -0.4 is 5.32 Å². The molecule has 1 aliphatic heterocycles. The molecule has 0 aromatic heterocycles. The van der Waals surface area contributed by atoms with Crippen molar-refractivity contribution < 1.29 is 14.4 Å². The average molecular weight is 425 g/mol. The Bertz CT molecular complexity index is 705. The van der Waals surface area contributed by atoms with Gasteiger partial charge in [0.2, 0.25) is 5.91 Å². The third kappa shape index (κ3) is 5.44. The molecule has 0 aliphatic carbocycles. The van der Waals surface area contributed by atoms with Crippen LogP contribution in [0.4, 0.5) is 4.79 Å². The smallest absolute Gasteiger partial charge is 0.293 e. The fraction of sp³-hybridized carbons (Fsp3) is 0.389. The number of halogens is 1. The molecule has 7 heteroatoms. The Labute approximate surface area is 160 Å². The molecule has 5 nitrogen and oxygen atoms in total. The molecule has 1 heterocycles. The van der Waals surface area contributed by atoms with E-state index in [1.54, 1.807) is 6.08 Å². The summed E-state index contributed by atoms with van der Waals surface area (Å²) in [7, 11) is 0. The Kier molecular flexibility index (Phi) is 7.25. The minimum atomic E-state index is -0.314. The lowest BCUT2D eigenvalue weighted by Crippen LogP contribution is -2.38. The van der Waals surface area contributed by atoms with Gasteiger partial charge in [-0.15, -0.1) is 0 Å². The molecule has 0 spiro atoms. The second-order valence-corrected chi connectivity index (χ2v) is 7.78. The van der Waals surface area contributed by atoms with E-state index in [1.807, 2.05) is 38.1 Å². The summed E-state index contributed by atoms with van der Waals surface area (Å²) in [6, 6.07) is 7.51. The lowest BCUT2D eigenvalue weighted by molar-refractivity contribution is -0.126. The minimum Gasteiger partial charge on any atom is -0.354 e. The van der Waals surface area contributed by atoms with E-state index in [1.165, 1.54) is 4.90 Å². The fourth-order valence-electron chi connectivity index (χ4n) is 2.47. The summed E-state index contributed by atoms with van der Waals surface area (Å²) in [6.45, 7) is 4.36. The van der Waals surface area contributed by atoms with Crippen molar-refractivity contribution in [3.8, 4) is 0 Å². The van der Waals surface area contributed by atoms with Crippen molar-refractivity contribution in [1.29, 1.82) is 0 Å². The third-order valence-electron chi connectivity index (χ3n) is 3.82. The second-order valence-electron chi connectivity index (χ2n) is 5.87. The van der Waals surface area contributed by atoms with Gasteiger partial charge in [-0.05, 0) is 42.0 Å². The van der Waals surface area contributed by atoms with E-state index < -0.39 is 0 Å². The highest BCUT2D eigenvalue weighted by Gasteiger charge is 2.34. The lowest BCUT2D eigenvalue weighted by atomic mass is 10.1. The molecule has 1 N–H and O–H groups in total.